The summed E-state index contributed by atoms with van der Waals surface area (Å²) in [6.45, 7) is 5.75. The van der Waals surface area contributed by atoms with Crippen LogP contribution < -0.4 is 10.6 Å². The van der Waals surface area contributed by atoms with Gasteiger partial charge in [0.25, 0.3) is 0 Å². The molecule has 2 heterocycles. The second kappa shape index (κ2) is 7.99. The van der Waals surface area contributed by atoms with Crippen LogP contribution in [0.2, 0.25) is 0 Å². The highest BCUT2D eigenvalue weighted by Crippen LogP contribution is 2.31. The largest absolute Gasteiger partial charge is 0.356 e. The van der Waals surface area contributed by atoms with Crippen LogP contribution in [-0.4, -0.2) is 33.0 Å². The molecule has 7 nitrogen and oxygen atoms in total. The van der Waals surface area contributed by atoms with Gasteiger partial charge in [-0.05, 0) is 25.8 Å². The van der Waals surface area contributed by atoms with Crippen LogP contribution in [0.1, 0.15) is 31.2 Å². The molecule has 2 amide bonds. The molecule has 7 heteroatoms. The van der Waals surface area contributed by atoms with Gasteiger partial charge in [-0.1, -0.05) is 30.3 Å². The lowest BCUT2D eigenvalue weighted by atomic mass is 10.0. The molecule has 140 valence electrons. The van der Waals surface area contributed by atoms with E-state index < -0.39 is 0 Å². The zero-order chi connectivity index (χ0) is 19.4. The van der Waals surface area contributed by atoms with Gasteiger partial charge in [0.05, 0.1) is 11.4 Å². The predicted molar refractivity (Wildman–Crippen MR) is 104 cm³/mol. The van der Waals surface area contributed by atoms with E-state index in [1.807, 2.05) is 50.2 Å². The van der Waals surface area contributed by atoms with E-state index in [-0.39, 0.29) is 11.8 Å². The van der Waals surface area contributed by atoms with Crippen molar-refractivity contribution in [3.63, 3.8) is 0 Å². The molecule has 27 heavy (non-hydrogen) atoms. The fourth-order valence-electron chi connectivity index (χ4n) is 3.01. The monoisotopic (exact) mass is 365 g/mol. The number of nitrogens with zero attached hydrogens (tertiary/aromatic N) is 3. The Morgan fingerprint density at radius 1 is 1.15 bits per heavy atom. The summed E-state index contributed by atoms with van der Waals surface area (Å²) in [5.41, 5.74) is 4.15. The van der Waals surface area contributed by atoms with Gasteiger partial charge in [0.15, 0.2) is 5.65 Å². The minimum atomic E-state index is -0.127. The van der Waals surface area contributed by atoms with Crippen LogP contribution in [0.3, 0.4) is 0 Å². The lowest BCUT2D eigenvalue weighted by molar-refractivity contribution is -0.119. The van der Waals surface area contributed by atoms with Crippen molar-refractivity contribution in [2.45, 2.75) is 33.6 Å². The summed E-state index contributed by atoms with van der Waals surface area (Å²) < 4.78 is 1.68. The van der Waals surface area contributed by atoms with E-state index in [4.69, 9.17) is 0 Å². The molecular weight excluding hydrogens is 342 g/mol. The fraction of sp³-hybridized carbons (Fsp3) is 0.300. The molecule has 1 aromatic carbocycles. The zero-order valence-corrected chi connectivity index (χ0v) is 15.7. The standard InChI is InChI=1S/C20H23N5O2/c1-13-12-17-22-14(2)19(16-8-5-4-6-9-16)20(25(17)24-13)23-18(27)10-7-11-21-15(3)26/h4-6,8-9,12H,7,10-11H2,1-3H3,(H,21,26)(H,23,27). The molecule has 0 radical (unpaired) electrons. The van der Waals surface area contributed by atoms with Crippen molar-refractivity contribution in [3.05, 3.63) is 47.8 Å². The van der Waals surface area contributed by atoms with E-state index in [9.17, 15) is 9.59 Å². The molecule has 0 fully saturated rings. The second-order valence-corrected chi connectivity index (χ2v) is 6.48. The van der Waals surface area contributed by atoms with Gasteiger partial charge in [-0.3, -0.25) is 9.59 Å². The number of carbonyl (C=O) groups excluding carboxylic acids is 2. The van der Waals surface area contributed by atoms with Gasteiger partial charge in [0, 0.05) is 31.5 Å². The molecule has 0 spiro atoms. The molecule has 2 aromatic heterocycles. The van der Waals surface area contributed by atoms with E-state index in [2.05, 4.69) is 20.7 Å². The Bertz CT molecular complexity index is 979. The van der Waals surface area contributed by atoms with Crippen LogP contribution >= 0.6 is 0 Å². The number of carbonyl (C=O) groups is 2. The number of amides is 2. The smallest absolute Gasteiger partial charge is 0.225 e. The summed E-state index contributed by atoms with van der Waals surface area (Å²) in [4.78, 5) is 28.1. The fourth-order valence-corrected chi connectivity index (χ4v) is 3.01. The number of hydrogen-bond donors (Lipinski definition) is 2. The van der Waals surface area contributed by atoms with Crippen LogP contribution in [0.5, 0.6) is 0 Å². The number of aryl methyl sites for hydroxylation is 2. The SMILES string of the molecule is CC(=O)NCCCC(=O)Nc1c(-c2ccccc2)c(C)nc2cc(C)nn12. The van der Waals surface area contributed by atoms with Crippen molar-refractivity contribution >= 4 is 23.3 Å². The third kappa shape index (κ3) is 4.31. The van der Waals surface area contributed by atoms with Crippen molar-refractivity contribution in [3.8, 4) is 11.1 Å². The Morgan fingerprint density at radius 2 is 1.89 bits per heavy atom. The Morgan fingerprint density at radius 3 is 2.59 bits per heavy atom. The number of aromatic nitrogens is 3. The van der Waals surface area contributed by atoms with E-state index >= 15 is 0 Å². The minimum Gasteiger partial charge on any atom is -0.356 e. The van der Waals surface area contributed by atoms with Crippen molar-refractivity contribution in [1.82, 2.24) is 19.9 Å². The van der Waals surface area contributed by atoms with E-state index in [1.165, 1.54) is 6.92 Å². The van der Waals surface area contributed by atoms with E-state index in [0.717, 1.165) is 22.5 Å². The quantitative estimate of drug-likeness (QED) is 0.658. The first kappa shape index (κ1) is 18.6. The maximum absolute atomic E-state index is 12.5. The van der Waals surface area contributed by atoms with Gasteiger partial charge >= 0.3 is 0 Å². The maximum Gasteiger partial charge on any atom is 0.225 e. The molecule has 3 rings (SSSR count). The highest BCUT2D eigenvalue weighted by Gasteiger charge is 2.18. The first-order valence-electron chi connectivity index (χ1n) is 8.92. The number of rotatable bonds is 6. The summed E-state index contributed by atoms with van der Waals surface area (Å²) >= 11 is 0. The van der Waals surface area contributed by atoms with E-state index in [1.54, 1.807) is 4.52 Å². The van der Waals surface area contributed by atoms with Gasteiger partial charge in [0.2, 0.25) is 11.8 Å². The first-order chi connectivity index (χ1) is 13.0. The lowest BCUT2D eigenvalue weighted by Crippen LogP contribution is -2.23. The minimum absolute atomic E-state index is 0.0970. The lowest BCUT2D eigenvalue weighted by Gasteiger charge is -2.15. The normalized spacial score (nSPS) is 10.8. The van der Waals surface area contributed by atoms with Gasteiger partial charge < -0.3 is 10.6 Å². The average molecular weight is 365 g/mol. The van der Waals surface area contributed by atoms with Crippen LogP contribution in [0.4, 0.5) is 5.82 Å². The molecule has 0 aliphatic carbocycles. The van der Waals surface area contributed by atoms with Gasteiger partial charge in [-0.15, -0.1) is 0 Å². The van der Waals surface area contributed by atoms with Gasteiger partial charge in [0.1, 0.15) is 5.82 Å². The first-order valence-corrected chi connectivity index (χ1v) is 8.92. The van der Waals surface area contributed by atoms with Crippen molar-refractivity contribution in [1.29, 1.82) is 0 Å². The Hall–Kier alpha value is -3.22. The van der Waals surface area contributed by atoms with Crippen LogP contribution in [0, 0.1) is 13.8 Å². The highest BCUT2D eigenvalue weighted by atomic mass is 16.2. The van der Waals surface area contributed by atoms with Crippen LogP contribution in [-0.2, 0) is 9.59 Å². The van der Waals surface area contributed by atoms with Crippen molar-refractivity contribution in [2.75, 3.05) is 11.9 Å². The molecule has 0 aliphatic heterocycles. The average Bonchev–Trinajstić information content (AvgIpc) is 2.99. The molecule has 0 atom stereocenters. The van der Waals surface area contributed by atoms with Gasteiger partial charge in [-0.25, -0.2) is 4.98 Å². The van der Waals surface area contributed by atoms with Crippen molar-refractivity contribution < 1.29 is 9.59 Å². The molecule has 0 unspecified atom stereocenters. The summed E-state index contributed by atoms with van der Waals surface area (Å²) in [5.74, 6) is 0.388. The molecule has 3 aromatic rings. The highest BCUT2D eigenvalue weighted by molar-refractivity contribution is 5.95. The Labute approximate surface area is 157 Å². The summed E-state index contributed by atoms with van der Waals surface area (Å²) in [5, 5.41) is 10.2. The third-order valence-corrected chi connectivity index (χ3v) is 4.18. The zero-order valence-electron chi connectivity index (χ0n) is 15.7. The molecule has 0 bridgehead atoms. The van der Waals surface area contributed by atoms with Crippen LogP contribution in [0.15, 0.2) is 36.4 Å². The number of hydrogen-bond acceptors (Lipinski definition) is 4. The van der Waals surface area contributed by atoms with Gasteiger partial charge in [-0.2, -0.15) is 9.61 Å². The molecule has 0 saturated heterocycles. The number of fused-ring (bicyclic) bond motifs is 1. The topological polar surface area (TPSA) is 88.4 Å². The van der Waals surface area contributed by atoms with Crippen LogP contribution in [0.25, 0.3) is 16.8 Å². The van der Waals surface area contributed by atoms with E-state index in [0.29, 0.717) is 30.9 Å². The maximum atomic E-state index is 12.5. The number of benzene rings is 1. The molecule has 0 aliphatic rings. The number of anilines is 1. The summed E-state index contributed by atoms with van der Waals surface area (Å²) in [6.07, 6.45) is 0.870. The Balaban J connectivity index is 1.94. The van der Waals surface area contributed by atoms with Crippen molar-refractivity contribution in [2.24, 2.45) is 0 Å². The second-order valence-electron chi connectivity index (χ2n) is 6.48. The predicted octanol–water partition coefficient (Wildman–Crippen LogP) is 2.87. The summed E-state index contributed by atoms with van der Waals surface area (Å²) in [6, 6.07) is 11.7. The Kier molecular flexibility index (Phi) is 5.49. The molecule has 2 N–H and O–H groups in total. The number of nitrogens with one attached hydrogen (secondary N) is 2. The molecular formula is C20H23N5O2. The third-order valence-electron chi connectivity index (χ3n) is 4.18. The molecule has 0 saturated carbocycles. The summed E-state index contributed by atoms with van der Waals surface area (Å²) in [7, 11) is 0.